The van der Waals surface area contributed by atoms with Crippen molar-refractivity contribution < 1.29 is 9.21 Å². The number of carbonyl (C=O) groups is 1. The molecule has 0 radical (unpaired) electrons. The molecule has 0 spiro atoms. The molecular formula is C16H15ClN4O2. The van der Waals surface area contributed by atoms with E-state index in [9.17, 15) is 10.1 Å². The van der Waals surface area contributed by atoms with E-state index < -0.39 is 0 Å². The number of furan rings is 1. The molecule has 3 rings (SSSR count). The largest absolute Gasteiger partial charge is 0.459 e. The van der Waals surface area contributed by atoms with Gasteiger partial charge in [0.1, 0.15) is 11.9 Å². The molecule has 2 aromatic rings. The van der Waals surface area contributed by atoms with Crippen molar-refractivity contribution in [1.29, 1.82) is 5.26 Å². The number of halogens is 1. The summed E-state index contributed by atoms with van der Waals surface area (Å²) in [5.74, 6) is 0.853. The van der Waals surface area contributed by atoms with Crippen LogP contribution in [0.2, 0.25) is 5.02 Å². The standard InChI is InChI=1S/C16H15ClN4O2/c1-11-12(9-18)15(19-10-13(11)17)20-4-6-21(7-5-20)16(22)14-3-2-8-23-14/h2-3,8,10H,4-7H2,1H3. The van der Waals surface area contributed by atoms with Crippen molar-refractivity contribution in [2.45, 2.75) is 6.92 Å². The van der Waals surface area contributed by atoms with Gasteiger partial charge in [0.15, 0.2) is 5.76 Å². The molecule has 0 bridgehead atoms. The second-order valence-corrected chi connectivity index (χ2v) is 5.71. The highest BCUT2D eigenvalue weighted by Gasteiger charge is 2.26. The van der Waals surface area contributed by atoms with E-state index in [4.69, 9.17) is 16.0 Å². The fourth-order valence-electron chi connectivity index (χ4n) is 2.62. The first-order chi connectivity index (χ1) is 11.1. The molecule has 0 N–H and O–H groups in total. The molecule has 1 amide bonds. The SMILES string of the molecule is Cc1c(Cl)cnc(N2CCN(C(=O)c3ccco3)CC2)c1C#N. The smallest absolute Gasteiger partial charge is 0.289 e. The fraction of sp³-hybridized carbons (Fsp3) is 0.312. The minimum Gasteiger partial charge on any atom is -0.459 e. The second-order valence-electron chi connectivity index (χ2n) is 5.30. The van der Waals surface area contributed by atoms with Gasteiger partial charge in [-0.15, -0.1) is 0 Å². The molecule has 118 valence electrons. The number of hydrogen-bond acceptors (Lipinski definition) is 5. The molecule has 1 fully saturated rings. The molecule has 23 heavy (non-hydrogen) atoms. The Morgan fingerprint density at radius 2 is 2.13 bits per heavy atom. The Kier molecular flexibility index (Phi) is 4.22. The Hall–Kier alpha value is -2.52. The summed E-state index contributed by atoms with van der Waals surface area (Å²) in [6.45, 7) is 4.12. The molecule has 0 unspecified atom stereocenters. The van der Waals surface area contributed by atoms with Crippen molar-refractivity contribution in [1.82, 2.24) is 9.88 Å². The Balaban J connectivity index is 1.74. The van der Waals surface area contributed by atoms with Crippen molar-refractivity contribution >= 4 is 23.3 Å². The lowest BCUT2D eigenvalue weighted by atomic mass is 10.1. The third-order valence-corrected chi connectivity index (χ3v) is 4.35. The van der Waals surface area contributed by atoms with E-state index in [0.29, 0.717) is 48.3 Å². The monoisotopic (exact) mass is 330 g/mol. The first kappa shape index (κ1) is 15.4. The molecule has 1 aliphatic rings. The van der Waals surface area contributed by atoms with Gasteiger partial charge in [0.05, 0.1) is 16.8 Å². The molecule has 7 heteroatoms. The van der Waals surface area contributed by atoms with Crippen LogP contribution >= 0.6 is 11.6 Å². The predicted octanol–water partition coefficient (Wildman–Crippen LogP) is 2.47. The zero-order chi connectivity index (χ0) is 16.4. The van der Waals surface area contributed by atoms with Crippen molar-refractivity contribution in [3.05, 3.63) is 46.5 Å². The fourth-order valence-corrected chi connectivity index (χ4v) is 2.76. The number of carbonyl (C=O) groups excluding carboxylic acids is 1. The molecule has 0 saturated carbocycles. The summed E-state index contributed by atoms with van der Waals surface area (Å²) in [4.78, 5) is 20.3. The van der Waals surface area contributed by atoms with Gasteiger partial charge in [-0.2, -0.15) is 5.26 Å². The maximum Gasteiger partial charge on any atom is 0.289 e. The Morgan fingerprint density at radius 1 is 1.39 bits per heavy atom. The average Bonchev–Trinajstić information content (AvgIpc) is 3.11. The van der Waals surface area contributed by atoms with E-state index in [1.54, 1.807) is 23.2 Å². The highest BCUT2D eigenvalue weighted by Crippen LogP contribution is 2.26. The van der Waals surface area contributed by atoms with E-state index in [2.05, 4.69) is 11.1 Å². The number of anilines is 1. The quantitative estimate of drug-likeness (QED) is 0.845. The van der Waals surface area contributed by atoms with Gasteiger partial charge in [-0.1, -0.05) is 11.6 Å². The molecular weight excluding hydrogens is 316 g/mol. The number of nitriles is 1. The lowest BCUT2D eigenvalue weighted by Crippen LogP contribution is -2.49. The zero-order valence-electron chi connectivity index (χ0n) is 12.6. The number of pyridine rings is 1. The van der Waals surface area contributed by atoms with Crippen molar-refractivity contribution in [3.8, 4) is 6.07 Å². The van der Waals surface area contributed by atoms with Crippen LogP contribution in [0.1, 0.15) is 21.7 Å². The van der Waals surface area contributed by atoms with Gasteiger partial charge >= 0.3 is 0 Å². The first-order valence-corrected chi connectivity index (χ1v) is 7.62. The lowest BCUT2D eigenvalue weighted by molar-refractivity contribution is 0.0714. The number of aromatic nitrogens is 1. The van der Waals surface area contributed by atoms with Gasteiger partial charge in [-0.25, -0.2) is 4.98 Å². The lowest BCUT2D eigenvalue weighted by Gasteiger charge is -2.35. The summed E-state index contributed by atoms with van der Waals surface area (Å²) in [6, 6.07) is 5.53. The zero-order valence-corrected chi connectivity index (χ0v) is 13.4. The summed E-state index contributed by atoms with van der Waals surface area (Å²) in [5, 5.41) is 9.85. The van der Waals surface area contributed by atoms with Crippen molar-refractivity contribution in [2.24, 2.45) is 0 Å². The summed E-state index contributed by atoms with van der Waals surface area (Å²) < 4.78 is 5.15. The third kappa shape index (κ3) is 2.88. The van der Waals surface area contributed by atoms with E-state index >= 15 is 0 Å². The highest BCUT2D eigenvalue weighted by molar-refractivity contribution is 6.31. The second kappa shape index (κ2) is 6.31. The Labute approximate surface area is 138 Å². The van der Waals surface area contributed by atoms with Gasteiger partial charge < -0.3 is 14.2 Å². The Bertz CT molecular complexity index is 759. The maximum absolute atomic E-state index is 12.3. The van der Waals surface area contributed by atoms with Crippen LogP contribution in [0.25, 0.3) is 0 Å². The van der Waals surface area contributed by atoms with Gasteiger partial charge in [0.25, 0.3) is 5.91 Å². The number of amides is 1. The third-order valence-electron chi connectivity index (χ3n) is 3.97. The number of piperazine rings is 1. The number of hydrogen-bond donors (Lipinski definition) is 0. The summed E-state index contributed by atoms with van der Waals surface area (Å²) in [7, 11) is 0. The van der Waals surface area contributed by atoms with E-state index in [0.717, 1.165) is 5.56 Å². The van der Waals surface area contributed by atoms with Crippen LogP contribution in [0.5, 0.6) is 0 Å². The van der Waals surface area contributed by atoms with Gasteiger partial charge in [-0.05, 0) is 24.6 Å². The molecule has 0 atom stereocenters. The van der Waals surface area contributed by atoms with Crippen molar-refractivity contribution in [2.75, 3.05) is 31.1 Å². The molecule has 6 nitrogen and oxygen atoms in total. The van der Waals surface area contributed by atoms with E-state index in [1.165, 1.54) is 6.26 Å². The normalized spacial score (nSPS) is 14.7. The highest BCUT2D eigenvalue weighted by atomic mass is 35.5. The molecule has 3 heterocycles. The van der Waals surface area contributed by atoms with Crippen LogP contribution in [-0.2, 0) is 0 Å². The van der Waals surface area contributed by atoms with Crippen LogP contribution < -0.4 is 4.90 Å². The van der Waals surface area contributed by atoms with Crippen LogP contribution in [0.3, 0.4) is 0 Å². The summed E-state index contributed by atoms with van der Waals surface area (Å²) in [6.07, 6.45) is 3.05. The number of nitrogens with zero attached hydrogens (tertiary/aromatic N) is 4. The first-order valence-electron chi connectivity index (χ1n) is 7.24. The summed E-state index contributed by atoms with van der Waals surface area (Å²) >= 11 is 6.03. The van der Waals surface area contributed by atoms with E-state index in [1.807, 2.05) is 11.8 Å². The molecule has 1 saturated heterocycles. The average molecular weight is 331 g/mol. The van der Waals surface area contributed by atoms with Crippen LogP contribution in [0, 0.1) is 18.3 Å². The van der Waals surface area contributed by atoms with Gasteiger partial charge in [0, 0.05) is 32.4 Å². The van der Waals surface area contributed by atoms with Crippen LogP contribution in [0.4, 0.5) is 5.82 Å². The Morgan fingerprint density at radius 3 is 2.74 bits per heavy atom. The van der Waals surface area contributed by atoms with Crippen LogP contribution in [-0.4, -0.2) is 42.0 Å². The number of rotatable bonds is 2. The minimum absolute atomic E-state index is 0.115. The summed E-state index contributed by atoms with van der Waals surface area (Å²) in [5.41, 5.74) is 1.22. The van der Waals surface area contributed by atoms with Crippen LogP contribution in [0.15, 0.2) is 29.0 Å². The van der Waals surface area contributed by atoms with Crippen molar-refractivity contribution in [3.63, 3.8) is 0 Å². The predicted molar refractivity (Wildman–Crippen MR) is 85.5 cm³/mol. The van der Waals surface area contributed by atoms with Gasteiger partial charge in [-0.3, -0.25) is 4.79 Å². The molecule has 2 aromatic heterocycles. The van der Waals surface area contributed by atoms with Gasteiger partial charge in [0.2, 0.25) is 0 Å². The van der Waals surface area contributed by atoms with E-state index in [-0.39, 0.29) is 5.91 Å². The minimum atomic E-state index is -0.115. The molecule has 0 aromatic carbocycles. The maximum atomic E-state index is 12.3. The molecule has 0 aliphatic carbocycles. The topological polar surface area (TPSA) is 73.4 Å². The molecule has 1 aliphatic heterocycles.